The van der Waals surface area contributed by atoms with Gasteiger partial charge in [-0.3, -0.25) is 4.57 Å². The van der Waals surface area contributed by atoms with Gasteiger partial charge < -0.3 is 10.5 Å². The lowest BCUT2D eigenvalue weighted by atomic mass is 10.4. The third-order valence-corrected chi connectivity index (χ3v) is 1.79. The minimum atomic E-state index is 0.491. The van der Waals surface area contributed by atoms with Crippen molar-refractivity contribution in [3.8, 4) is 0 Å². The molecular formula is C6H10N4O. The maximum Gasteiger partial charge on any atom is 0.222 e. The second kappa shape index (κ2) is 2.50. The molecule has 0 bridgehead atoms. The van der Waals surface area contributed by atoms with Gasteiger partial charge in [0.1, 0.15) is 5.82 Å². The first-order valence-electron chi connectivity index (χ1n) is 3.63. The number of hydrogen-bond donors (Lipinski definition) is 1. The topological polar surface area (TPSA) is 66.0 Å². The van der Waals surface area contributed by atoms with Gasteiger partial charge in [0.25, 0.3) is 0 Å². The van der Waals surface area contributed by atoms with Gasteiger partial charge in [-0.05, 0) is 0 Å². The number of anilines is 1. The first-order valence-corrected chi connectivity index (χ1v) is 3.63. The van der Waals surface area contributed by atoms with E-state index in [1.165, 1.54) is 0 Å². The van der Waals surface area contributed by atoms with Crippen LogP contribution in [0.2, 0.25) is 0 Å². The molecule has 1 aromatic rings. The van der Waals surface area contributed by atoms with Gasteiger partial charge in [0.2, 0.25) is 5.95 Å². The molecule has 0 aromatic carbocycles. The molecule has 5 nitrogen and oxygen atoms in total. The van der Waals surface area contributed by atoms with E-state index in [1.54, 1.807) is 0 Å². The molecule has 0 radical (unpaired) electrons. The van der Waals surface area contributed by atoms with Crippen molar-refractivity contribution in [1.82, 2.24) is 14.8 Å². The van der Waals surface area contributed by atoms with Crippen LogP contribution < -0.4 is 5.73 Å². The van der Waals surface area contributed by atoms with Gasteiger partial charge in [-0.25, -0.2) is 0 Å². The highest BCUT2D eigenvalue weighted by Crippen LogP contribution is 2.07. The van der Waals surface area contributed by atoms with E-state index in [9.17, 15) is 0 Å². The van der Waals surface area contributed by atoms with Gasteiger partial charge >= 0.3 is 0 Å². The standard InChI is InChI=1S/C6H10N4O/c7-6-9-8-5-1-3-11-4-2-10(5)6/h1-4H2,(H2,7,9). The Bertz CT molecular complexity index is 257. The van der Waals surface area contributed by atoms with Crippen LogP contribution in [0.1, 0.15) is 5.82 Å². The van der Waals surface area contributed by atoms with Crippen molar-refractivity contribution in [3.63, 3.8) is 0 Å². The smallest absolute Gasteiger partial charge is 0.222 e. The highest BCUT2D eigenvalue weighted by atomic mass is 16.5. The summed E-state index contributed by atoms with van der Waals surface area (Å²) in [5.41, 5.74) is 5.56. The van der Waals surface area contributed by atoms with Crippen LogP contribution in [0.5, 0.6) is 0 Å². The van der Waals surface area contributed by atoms with Crippen LogP contribution in [0.25, 0.3) is 0 Å². The second-order valence-corrected chi connectivity index (χ2v) is 2.49. The zero-order valence-electron chi connectivity index (χ0n) is 6.16. The molecule has 0 saturated heterocycles. The predicted octanol–water partition coefficient (Wildman–Crippen LogP) is -0.567. The van der Waals surface area contributed by atoms with Crippen LogP contribution in [-0.2, 0) is 17.7 Å². The second-order valence-electron chi connectivity index (χ2n) is 2.49. The van der Waals surface area contributed by atoms with Crippen LogP contribution in [0.15, 0.2) is 0 Å². The third kappa shape index (κ3) is 1.07. The summed E-state index contributed by atoms with van der Waals surface area (Å²) in [4.78, 5) is 0. The molecule has 1 aromatic heterocycles. The zero-order chi connectivity index (χ0) is 7.68. The fourth-order valence-electron chi connectivity index (χ4n) is 1.20. The molecule has 0 amide bonds. The molecule has 2 N–H and O–H groups in total. The molecule has 0 fully saturated rings. The van der Waals surface area contributed by atoms with Crippen molar-refractivity contribution < 1.29 is 4.74 Å². The number of rotatable bonds is 0. The van der Waals surface area contributed by atoms with Crippen LogP contribution in [0.3, 0.4) is 0 Å². The van der Waals surface area contributed by atoms with E-state index < -0.39 is 0 Å². The van der Waals surface area contributed by atoms with Gasteiger partial charge in [0.05, 0.1) is 19.8 Å². The van der Waals surface area contributed by atoms with Gasteiger partial charge in [-0.15, -0.1) is 10.2 Å². The first kappa shape index (κ1) is 6.60. The maximum absolute atomic E-state index is 5.56. The lowest BCUT2D eigenvalue weighted by Crippen LogP contribution is -2.07. The van der Waals surface area contributed by atoms with Crippen molar-refractivity contribution in [1.29, 1.82) is 0 Å². The molecule has 0 aliphatic carbocycles. The lowest BCUT2D eigenvalue weighted by Gasteiger charge is -2.00. The van der Waals surface area contributed by atoms with E-state index in [2.05, 4.69) is 10.2 Å². The summed E-state index contributed by atoms with van der Waals surface area (Å²) < 4.78 is 7.14. The van der Waals surface area contributed by atoms with Crippen molar-refractivity contribution >= 4 is 5.95 Å². The van der Waals surface area contributed by atoms with Crippen LogP contribution in [0, 0.1) is 0 Å². The van der Waals surface area contributed by atoms with E-state index in [1.807, 2.05) is 4.57 Å². The Morgan fingerprint density at radius 2 is 2.27 bits per heavy atom. The Hall–Kier alpha value is -1.10. The summed E-state index contributed by atoms with van der Waals surface area (Å²) in [6.07, 6.45) is 0.810. The number of fused-ring (bicyclic) bond motifs is 1. The van der Waals surface area contributed by atoms with Crippen molar-refractivity contribution in [2.45, 2.75) is 13.0 Å². The zero-order valence-corrected chi connectivity index (χ0v) is 6.16. The molecule has 0 spiro atoms. The van der Waals surface area contributed by atoms with E-state index in [0.717, 1.165) is 25.4 Å². The number of aromatic nitrogens is 3. The number of nitrogens with zero attached hydrogens (tertiary/aromatic N) is 3. The van der Waals surface area contributed by atoms with E-state index in [-0.39, 0.29) is 0 Å². The molecule has 5 heteroatoms. The summed E-state index contributed by atoms with van der Waals surface area (Å²) in [5, 5.41) is 7.70. The van der Waals surface area contributed by atoms with Crippen molar-refractivity contribution in [3.05, 3.63) is 5.82 Å². The van der Waals surface area contributed by atoms with Gasteiger partial charge in [0.15, 0.2) is 0 Å². The molecule has 60 valence electrons. The highest BCUT2D eigenvalue weighted by molar-refractivity contribution is 5.17. The Kier molecular flexibility index (Phi) is 1.50. The monoisotopic (exact) mass is 154 g/mol. The van der Waals surface area contributed by atoms with Crippen LogP contribution in [-0.4, -0.2) is 28.0 Å². The number of ether oxygens (including phenoxy) is 1. The summed E-state index contributed by atoms with van der Waals surface area (Å²) >= 11 is 0. The SMILES string of the molecule is Nc1nnc2n1CCOCC2. The molecule has 2 rings (SSSR count). The molecule has 0 saturated carbocycles. The lowest BCUT2D eigenvalue weighted by molar-refractivity contribution is 0.140. The summed E-state index contributed by atoms with van der Waals surface area (Å²) in [5.74, 6) is 1.42. The fraction of sp³-hybridized carbons (Fsp3) is 0.667. The number of hydrogen-bond acceptors (Lipinski definition) is 4. The van der Waals surface area contributed by atoms with Crippen LogP contribution >= 0.6 is 0 Å². The molecule has 1 aliphatic heterocycles. The largest absolute Gasteiger partial charge is 0.379 e. The predicted molar refractivity (Wildman–Crippen MR) is 39.0 cm³/mol. The quantitative estimate of drug-likeness (QED) is 0.543. The third-order valence-electron chi connectivity index (χ3n) is 1.79. The molecule has 11 heavy (non-hydrogen) atoms. The molecule has 0 unspecified atom stereocenters. The fourth-order valence-corrected chi connectivity index (χ4v) is 1.20. The first-order chi connectivity index (χ1) is 5.38. The van der Waals surface area contributed by atoms with Gasteiger partial charge in [0, 0.05) is 6.42 Å². The minimum Gasteiger partial charge on any atom is -0.379 e. The number of nitrogens with two attached hydrogens (primary N) is 1. The minimum absolute atomic E-state index is 0.491. The summed E-state index contributed by atoms with van der Waals surface area (Å²) in [6.45, 7) is 2.20. The molecule has 1 aliphatic rings. The van der Waals surface area contributed by atoms with E-state index in [0.29, 0.717) is 12.6 Å². The van der Waals surface area contributed by atoms with Crippen LogP contribution in [0.4, 0.5) is 5.95 Å². The molecular weight excluding hydrogens is 144 g/mol. The Morgan fingerprint density at radius 1 is 1.36 bits per heavy atom. The Labute approximate surface area is 64.2 Å². The van der Waals surface area contributed by atoms with E-state index >= 15 is 0 Å². The van der Waals surface area contributed by atoms with E-state index in [4.69, 9.17) is 10.5 Å². The van der Waals surface area contributed by atoms with Crippen molar-refractivity contribution in [2.24, 2.45) is 0 Å². The van der Waals surface area contributed by atoms with Gasteiger partial charge in [-0.1, -0.05) is 0 Å². The van der Waals surface area contributed by atoms with Gasteiger partial charge in [-0.2, -0.15) is 0 Å². The summed E-state index contributed by atoms with van der Waals surface area (Å²) in [7, 11) is 0. The Balaban J connectivity index is 2.35. The van der Waals surface area contributed by atoms with Crippen molar-refractivity contribution in [2.75, 3.05) is 18.9 Å². The highest BCUT2D eigenvalue weighted by Gasteiger charge is 2.11. The Morgan fingerprint density at radius 3 is 3.18 bits per heavy atom. The normalized spacial score (nSPS) is 17.5. The average Bonchev–Trinajstić information content (AvgIpc) is 2.25. The molecule has 2 heterocycles. The maximum atomic E-state index is 5.56. The molecule has 0 atom stereocenters. The number of nitrogen functional groups attached to an aromatic ring is 1. The summed E-state index contributed by atoms with van der Waals surface area (Å²) in [6, 6.07) is 0. The average molecular weight is 154 g/mol.